The molecule has 1 aliphatic heterocycles. The van der Waals surface area contributed by atoms with E-state index in [1.54, 1.807) is 0 Å². The zero-order valence-electron chi connectivity index (χ0n) is 7.65. The fourth-order valence-electron chi connectivity index (χ4n) is 1.60. The smallest absolute Gasteiger partial charge is 0.306 e. The maximum Gasteiger partial charge on any atom is 0.306 e. The summed E-state index contributed by atoms with van der Waals surface area (Å²) >= 11 is 3.56. The molecule has 0 bridgehead atoms. The number of ether oxygens (including phenoxy) is 1. The van der Waals surface area contributed by atoms with E-state index in [9.17, 15) is 4.79 Å². The van der Waals surface area contributed by atoms with Crippen LogP contribution in [0, 0.1) is 0 Å². The van der Waals surface area contributed by atoms with Crippen LogP contribution < -0.4 is 0 Å². The minimum atomic E-state index is -0.0876. The highest BCUT2D eigenvalue weighted by molar-refractivity contribution is 9.09. The van der Waals surface area contributed by atoms with Crippen molar-refractivity contribution in [3.63, 3.8) is 0 Å². The van der Waals surface area contributed by atoms with Gasteiger partial charge in [0.1, 0.15) is 6.10 Å². The predicted octanol–water partition coefficient (Wildman–Crippen LogP) is 2.83. The summed E-state index contributed by atoms with van der Waals surface area (Å²) in [6.07, 6.45) is 1.34. The van der Waals surface area contributed by atoms with Crippen LogP contribution in [0.15, 0.2) is 30.3 Å². The molecular formula is C11H11BrO2. The van der Waals surface area contributed by atoms with E-state index in [0.29, 0.717) is 6.42 Å². The van der Waals surface area contributed by atoms with Crippen molar-refractivity contribution in [2.45, 2.75) is 23.8 Å². The molecule has 2 nitrogen and oxygen atoms in total. The van der Waals surface area contributed by atoms with Crippen LogP contribution in [0.4, 0.5) is 0 Å². The third kappa shape index (κ3) is 1.98. The van der Waals surface area contributed by atoms with E-state index in [-0.39, 0.29) is 16.9 Å². The Labute approximate surface area is 91.4 Å². The number of esters is 1. The van der Waals surface area contributed by atoms with Gasteiger partial charge in [0.05, 0.1) is 4.83 Å². The maximum atomic E-state index is 10.9. The van der Waals surface area contributed by atoms with E-state index in [4.69, 9.17) is 4.74 Å². The number of alkyl halides is 1. The SMILES string of the molecule is O=C1CC[C@H]([C@@H](Br)c2ccccc2)O1. The molecule has 0 aliphatic carbocycles. The number of cyclic esters (lactones) is 1. The van der Waals surface area contributed by atoms with E-state index < -0.39 is 0 Å². The molecular weight excluding hydrogens is 244 g/mol. The first kappa shape index (κ1) is 9.71. The van der Waals surface area contributed by atoms with E-state index in [2.05, 4.69) is 15.9 Å². The van der Waals surface area contributed by atoms with Crippen LogP contribution in [0.3, 0.4) is 0 Å². The Bertz CT molecular complexity index is 323. The van der Waals surface area contributed by atoms with Crippen molar-refractivity contribution in [3.05, 3.63) is 35.9 Å². The molecule has 74 valence electrons. The Kier molecular flexibility index (Phi) is 2.87. The Morgan fingerprint density at radius 1 is 1.36 bits per heavy atom. The summed E-state index contributed by atoms with van der Waals surface area (Å²) in [5, 5.41) is 0. The topological polar surface area (TPSA) is 26.3 Å². The number of halogens is 1. The first-order valence-electron chi connectivity index (χ1n) is 4.66. The summed E-state index contributed by atoms with van der Waals surface area (Å²) in [5.74, 6) is -0.0876. The minimum absolute atomic E-state index is 0.00935. The molecule has 0 spiro atoms. The number of carbonyl (C=O) groups is 1. The maximum absolute atomic E-state index is 10.9. The standard InChI is InChI=1S/C11H11BrO2/c12-11(8-4-2-1-3-5-8)9-6-7-10(13)14-9/h1-5,9,11H,6-7H2/t9-,11+/m1/s1. The highest BCUT2D eigenvalue weighted by atomic mass is 79.9. The molecule has 0 aromatic heterocycles. The molecule has 3 heteroatoms. The van der Waals surface area contributed by atoms with Crippen molar-refractivity contribution in [3.8, 4) is 0 Å². The molecule has 0 saturated carbocycles. The second-order valence-corrected chi connectivity index (χ2v) is 4.37. The van der Waals surface area contributed by atoms with Crippen LogP contribution in [-0.2, 0) is 9.53 Å². The highest BCUT2D eigenvalue weighted by Gasteiger charge is 2.30. The normalized spacial score (nSPS) is 23.2. The van der Waals surface area contributed by atoms with E-state index in [0.717, 1.165) is 12.0 Å². The molecule has 1 aromatic rings. The van der Waals surface area contributed by atoms with Crippen LogP contribution in [0.5, 0.6) is 0 Å². The fourth-order valence-corrected chi connectivity index (χ4v) is 2.28. The average Bonchev–Trinajstić information content (AvgIpc) is 2.65. The largest absolute Gasteiger partial charge is 0.461 e. The van der Waals surface area contributed by atoms with Crippen molar-refractivity contribution in [2.75, 3.05) is 0 Å². The first-order chi connectivity index (χ1) is 6.77. The highest BCUT2D eigenvalue weighted by Crippen LogP contribution is 2.33. The molecule has 0 N–H and O–H groups in total. The van der Waals surface area contributed by atoms with Crippen molar-refractivity contribution < 1.29 is 9.53 Å². The number of benzene rings is 1. The summed E-state index contributed by atoms with van der Waals surface area (Å²) in [7, 11) is 0. The summed E-state index contributed by atoms with van der Waals surface area (Å²) < 4.78 is 5.19. The van der Waals surface area contributed by atoms with E-state index >= 15 is 0 Å². The van der Waals surface area contributed by atoms with Crippen LogP contribution in [0.1, 0.15) is 23.2 Å². The number of rotatable bonds is 2. The third-order valence-electron chi connectivity index (χ3n) is 2.36. The van der Waals surface area contributed by atoms with Crippen LogP contribution >= 0.6 is 15.9 Å². The Morgan fingerprint density at radius 3 is 2.64 bits per heavy atom. The second-order valence-electron chi connectivity index (χ2n) is 3.38. The molecule has 1 aromatic carbocycles. The summed E-state index contributed by atoms with van der Waals surface area (Å²) in [6.45, 7) is 0. The lowest BCUT2D eigenvalue weighted by Gasteiger charge is -2.16. The lowest BCUT2D eigenvalue weighted by molar-refractivity contribution is -0.141. The van der Waals surface area contributed by atoms with Gasteiger partial charge in [-0.1, -0.05) is 46.3 Å². The molecule has 0 radical (unpaired) electrons. The first-order valence-corrected chi connectivity index (χ1v) is 5.57. The zero-order valence-corrected chi connectivity index (χ0v) is 9.24. The third-order valence-corrected chi connectivity index (χ3v) is 3.48. The fraction of sp³-hybridized carbons (Fsp3) is 0.364. The predicted molar refractivity (Wildman–Crippen MR) is 57.2 cm³/mol. The Hall–Kier alpha value is -0.830. The second kappa shape index (κ2) is 4.13. The van der Waals surface area contributed by atoms with Gasteiger partial charge in [0, 0.05) is 6.42 Å². The molecule has 1 aliphatic rings. The molecule has 0 amide bonds. The molecule has 1 heterocycles. The van der Waals surface area contributed by atoms with Gasteiger partial charge in [-0.2, -0.15) is 0 Å². The van der Waals surface area contributed by atoms with Crippen molar-refractivity contribution in [2.24, 2.45) is 0 Å². The lowest BCUT2D eigenvalue weighted by Crippen LogP contribution is -2.13. The molecule has 0 unspecified atom stereocenters. The molecule has 2 atom stereocenters. The number of hydrogen-bond donors (Lipinski definition) is 0. The average molecular weight is 255 g/mol. The molecule has 2 rings (SSSR count). The number of carbonyl (C=O) groups excluding carboxylic acids is 1. The van der Waals surface area contributed by atoms with Gasteiger partial charge >= 0.3 is 5.97 Å². The van der Waals surface area contributed by atoms with E-state index in [1.807, 2.05) is 30.3 Å². The minimum Gasteiger partial charge on any atom is -0.461 e. The van der Waals surface area contributed by atoms with Gasteiger partial charge in [-0.3, -0.25) is 4.79 Å². The number of hydrogen-bond acceptors (Lipinski definition) is 2. The van der Waals surface area contributed by atoms with Gasteiger partial charge in [0.15, 0.2) is 0 Å². The molecule has 14 heavy (non-hydrogen) atoms. The van der Waals surface area contributed by atoms with Crippen LogP contribution in [-0.4, -0.2) is 12.1 Å². The van der Waals surface area contributed by atoms with Gasteiger partial charge in [0.2, 0.25) is 0 Å². The van der Waals surface area contributed by atoms with Crippen molar-refractivity contribution in [1.29, 1.82) is 0 Å². The lowest BCUT2D eigenvalue weighted by atomic mass is 10.1. The quantitative estimate of drug-likeness (QED) is 0.600. The van der Waals surface area contributed by atoms with Gasteiger partial charge in [-0.05, 0) is 12.0 Å². The van der Waals surface area contributed by atoms with Crippen LogP contribution in [0.2, 0.25) is 0 Å². The molecule has 1 saturated heterocycles. The van der Waals surface area contributed by atoms with Gasteiger partial charge in [-0.15, -0.1) is 0 Å². The zero-order chi connectivity index (χ0) is 9.97. The van der Waals surface area contributed by atoms with Gasteiger partial charge < -0.3 is 4.74 Å². The summed E-state index contributed by atoms with van der Waals surface area (Å²) in [4.78, 5) is 11.1. The Balaban J connectivity index is 2.09. The summed E-state index contributed by atoms with van der Waals surface area (Å²) in [5.41, 5.74) is 1.16. The van der Waals surface area contributed by atoms with Crippen molar-refractivity contribution in [1.82, 2.24) is 0 Å². The van der Waals surface area contributed by atoms with Gasteiger partial charge in [0.25, 0.3) is 0 Å². The Morgan fingerprint density at radius 2 is 2.07 bits per heavy atom. The monoisotopic (exact) mass is 254 g/mol. The summed E-state index contributed by atoms with van der Waals surface area (Å²) in [6, 6.07) is 10.0. The molecule has 1 fully saturated rings. The van der Waals surface area contributed by atoms with E-state index in [1.165, 1.54) is 0 Å². The van der Waals surface area contributed by atoms with Crippen LogP contribution in [0.25, 0.3) is 0 Å². The van der Waals surface area contributed by atoms with Gasteiger partial charge in [-0.25, -0.2) is 0 Å². The van der Waals surface area contributed by atoms with Crippen molar-refractivity contribution >= 4 is 21.9 Å².